The molecular formula is C16H19NO3. The lowest BCUT2D eigenvalue weighted by atomic mass is 10.0. The molecule has 20 heavy (non-hydrogen) atoms. The Balaban J connectivity index is 2.22. The van der Waals surface area contributed by atoms with E-state index in [9.17, 15) is 9.59 Å². The second kappa shape index (κ2) is 5.90. The predicted octanol–water partition coefficient (Wildman–Crippen LogP) is 2.87. The fraction of sp³-hybridized carbons (Fsp3) is 0.375. The summed E-state index contributed by atoms with van der Waals surface area (Å²) in [6, 6.07) is 9.87. The molecule has 0 radical (unpaired) electrons. The van der Waals surface area contributed by atoms with Gasteiger partial charge in [-0.05, 0) is 17.5 Å². The molecule has 2 rings (SSSR count). The van der Waals surface area contributed by atoms with Crippen molar-refractivity contribution in [3.63, 3.8) is 0 Å². The highest BCUT2D eigenvalue weighted by Gasteiger charge is 2.25. The summed E-state index contributed by atoms with van der Waals surface area (Å²) in [6.07, 6.45) is -0.341. The summed E-state index contributed by atoms with van der Waals surface area (Å²) < 4.78 is 5.16. The highest BCUT2D eigenvalue weighted by molar-refractivity contribution is 5.87. The maximum absolute atomic E-state index is 12.1. The van der Waals surface area contributed by atoms with Gasteiger partial charge in [0.2, 0.25) is 0 Å². The van der Waals surface area contributed by atoms with Crippen molar-refractivity contribution in [1.29, 1.82) is 0 Å². The first kappa shape index (κ1) is 14.3. The monoisotopic (exact) mass is 273 g/mol. The van der Waals surface area contributed by atoms with E-state index in [2.05, 4.69) is 4.98 Å². The number of para-hydroxylation sites is 1. The zero-order valence-electron chi connectivity index (χ0n) is 12.0. The van der Waals surface area contributed by atoms with Crippen LogP contribution in [0.2, 0.25) is 0 Å². The van der Waals surface area contributed by atoms with E-state index in [-0.39, 0.29) is 11.7 Å². The summed E-state index contributed by atoms with van der Waals surface area (Å²) in [4.78, 5) is 26.5. The summed E-state index contributed by atoms with van der Waals surface area (Å²) in [6.45, 7) is 4.94. The fourth-order valence-electron chi connectivity index (χ4n) is 2.22. The third-order valence-corrected chi connectivity index (χ3v) is 3.19. The third kappa shape index (κ3) is 3.26. The molecule has 0 aliphatic carbocycles. The molecule has 0 spiro atoms. The van der Waals surface area contributed by atoms with Gasteiger partial charge in [-0.25, -0.2) is 0 Å². The number of ketones is 1. The van der Waals surface area contributed by atoms with E-state index < -0.39 is 12.1 Å². The molecule has 1 N–H and O–H groups in total. The molecule has 106 valence electrons. The number of ether oxygens (including phenoxy) is 1. The molecule has 1 aromatic carbocycles. The first-order chi connectivity index (χ1) is 9.47. The number of aromatic amines is 1. The van der Waals surface area contributed by atoms with Crippen molar-refractivity contribution >= 4 is 22.7 Å². The second-order valence-corrected chi connectivity index (χ2v) is 5.24. The number of esters is 1. The predicted molar refractivity (Wildman–Crippen MR) is 77.4 cm³/mol. The molecule has 1 aromatic heterocycles. The number of carbonyl (C=O) groups is 2. The number of nitrogens with one attached hydrogen (secondary N) is 1. The van der Waals surface area contributed by atoms with Gasteiger partial charge in [-0.2, -0.15) is 0 Å². The molecule has 1 atom stereocenters. The largest absolute Gasteiger partial charge is 0.454 e. The normalized spacial score (nSPS) is 12.6. The van der Waals surface area contributed by atoms with Crippen molar-refractivity contribution < 1.29 is 14.3 Å². The van der Waals surface area contributed by atoms with Gasteiger partial charge in [-0.3, -0.25) is 9.59 Å². The molecule has 0 amide bonds. The Morgan fingerprint density at radius 2 is 1.95 bits per heavy atom. The molecule has 4 heteroatoms. The van der Waals surface area contributed by atoms with Crippen molar-refractivity contribution in [3.05, 3.63) is 36.0 Å². The van der Waals surface area contributed by atoms with Crippen LogP contribution < -0.4 is 0 Å². The number of benzene rings is 1. The second-order valence-electron chi connectivity index (χ2n) is 5.24. The number of carbonyl (C=O) groups excluding carboxylic acids is 2. The quantitative estimate of drug-likeness (QED) is 0.852. The van der Waals surface area contributed by atoms with Crippen LogP contribution in [0.25, 0.3) is 10.9 Å². The molecule has 0 aliphatic heterocycles. The van der Waals surface area contributed by atoms with Gasteiger partial charge in [0.1, 0.15) is 0 Å². The maximum atomic E-state index is 12.1. The molecule has 1 unspecified atom stereocenters. The number of fused-ring (bicyclic) bond motifs is 1. The van der Waals surface area contributed by atoms with E-state index in [1.165, 1.54) is 6.92 Å². The molecule has 0 saturated heterocycles. The van der Waals surface area contributed by atoms with Crippen molar-refractivity contribution in [2.45, 2.75) is 33.3 Å². The van der Waals surface area contributed by atoms with Gasteiger partial charge in [0.05, 0.1) is 0 Å². The van der Waals surface area contributed by atoms with E-state index >= 15 is 0 Å². The number of hydrogen-bond donors (Lipinski definition) is 1. The average molecular weight is 273 g/mol. The van der Waals surface area contributed by atoms with Crippen molar-refractivity contribution in [3.8, 4) is 0 Å². The van der Waals surface area contributed by atoms with Gasteiger partial charge in [0.15, 0.2) is 11.9 Å². The first-order valence-corrected chi connectivity index (χ1v) is 6.75. The molecule has 0 saturated carbocycles. The Bertz CT molecular complexity index is 594. The SMILES string of the molecule is CC(=O)OC(Cc1cc2ccccc2[nH]1)C(=O)C(C)C. The minimum atomic E-state index is -0.722. The average Bonchev–Trinajstić information content (AvgIpc) is 2.78. The Morgan fingerprint density at radius 1 is 1.25 bits per heavy atom. The molecular weight excluding hydrogens is 254 g/mol. The van der Waals surface area contributed by atoms with Gasteiger partial charge in [0.25, 0.3) is 0 Å². The maximum Gasteiger partial charge on any atom is 0.303 e. The molecule has 2 aromatic rings. The van der Waals surface area contributed by atoms with Crippen LogP contribution in [0, 0.1) is 5.92 Å². The van der Waals surface area contributed by atoms with Crippen molar-refractivity contribution in [2.75, 3.05) is 0 Å². The smallest absolute Gasteiger partial charge is 0.303 e. The van der Waals surface area contributed by atoms with E-state index in [1.807, 2.05) is 44.2 Å². The van der Waals surface area contributed by atoms with E-state index in [0.29, 0.717) is 6.42 Å². The molecule has 0 bridgehead atoms. The lowest BCUT2D eigenvalue weighted by molar-refractivity contribution is -0.154. The Labute approximate surface area is 118 Å². The van der Waals surface area contributed by atoms with Gasteiger partial charge < -0.3 is 9.72 Å². The van der Waals surface area contributed by atoms with Crippen LogP contribution in [0.15, 0.2) is 30.3 Å². The molecule has 0 fully saturated rings. The first-order valence-electron chi connectivity index (χ1n) is 6.75. The number of hydrogen-bond acceptors (Lipinski definition) is 3. The van der Waals surface area contributed by atoms with Crippen LogP contribution in [-0.4, -0.2) is 22.8 Å². The van der Waals surface area contributed by atoms with Crippen LogP contribution in [0.5, 0.6) is 0 Å². The molecule has 1 heterocycles. The van der Waals surface area contributed by atoms with E-state index in [4.69, 9.17) is 4.74 Å². The standard InChI is InChI=1S/C16H19NO3/c1-10(2)16(19)15(20-11(3)18)9-13-8-12-6-4-5-7-14(12)17-13/h4-8,10,15,17H,9H2,1-3H3. The Kier molecular flexibility index (Phi) is 4.23. The number of H-pyrrole nitrogens is 1. The number of Topliss-reactive ketones (excluding diaryl/α,β-unsaturated/α-hetero) is 1. The van der Waals surface area contributed by atoms with Crippen LogP contribution in [0.1, 0.15) is 26.5 Å². The highest BCUT2D eigenvalue weighted by Crippen LogP contribution is 2.18. The zero-order valence-corrected chi connectivity index (χ0v) is 12.0. The van der Waals surface area contributed by atoms with Crippen LogP contribution in [0.3, 0.4) is 0 Å². The third-order valence-electron chi connectivity index (χ3n) is 3.19. The van der Waals surface area contributed by atoms with E-state index in [1.54, 1.807) is 0 Å². The lowest BCUT2D eigenvalue weighted by Crippen LogP contribution is -2.32. The van der Waals surface area contributed by atoms with Gasteiger partial charge in [-0.15, -0.1) is 0 Å². The lowest BCUT2D eigenvalue weighted by Gasteiger charge is -2.17. The van der Waals surface area contributed by atoms with Crippen LogP contribution in [-0.2, 0) is 20.7 Å². The number of aromatic nitrogens is 1. The van der Waals surface area contributed by atoms with Gasteiger partial charge >= 0.3 is 5.97 Å². The van der Waals surface area contributed by atoms with Crippen LogP contribution in [0.4, 0.5) is 0 Å². The Morgan fingerprint density at radius 3 is 2.55 bits per heavy atom. The fourth-order valence-corrected chi connectivity index (χ4v) is 2.22. The molecule has 0 aliphatic rings. The summed E-state index contributed by atoms with van der Waals surface area (Å²) >= 11 is 0. The van der Waals surface area contributed by atoms with Crippen LogP contribution >= 0.6 is 0 Å². The summed E-state index contributed by atoms with van der Waals surface area (Å²) in [7, 11) is 0. The van der Waals surface area contributed by atoms with Gasteiger partial charge in [-0.1, -0.05) is 32.0 Å². The minimum absolute atomic E-state index is 0.0566. The zero-order chi connectivity index (χ0) is 14.7. The van der Waals surface area contributed by atoms with Crippen molar-refractivity contribution in [2.24, 2.45) is 5.92 Å². The topological polar surface area (TPSA) is 59.2 Å². The van der Waals surface area contributed by atoms with Gasteiger partial charge in [0, 0.05) is 30.5 Å². The summed E-state index contributed by atoms with van der Waals surface area (Å²) in [5, 5.41) is 1.08. The van der Waals surface area contributed by atoms with Crippen molar-refractivity contribution in [1.82, 2.24) is 4.98 Å². The molecule has 4 nitrogen and oxygen atoms in total. The summed E-state index contributed by atoms with van der Waals surface area (Å²) in [5.41, 5.74) is 1.91. The minimum Gasteiger partial charge on any atom is -0.454 e. The van der Waals surface area contributed by atoms with E-state index in [0.717, 1.165) is 16.6 Å². The Hall–Kier alpha value is -2.10. The highest BCUT2D eigenvalue weighted by atomic mass is 16.5. The summed E-state index contributed by atoms with van der Waals surface area (Å²) in [5.74, 6) is -0.650. The number of rotatable bonds is 5.